The van der Waals surface area contributed by atoms with Crippen molar-refractivity contribution in [2.45, 2.75) is 36.6 Å². The van der Waals surface area contributed by atoms with Gasteiger partial charge in [0, 0.05) is 0 Å². The molecule has 28 heavy (non-hydrogen) atoms. The number of aliphatic hydroxyl groups is 2. The first kappa shape index (κ1) is 25.6. The van der Waals surface area contributed by atoms with Crippen molar-refractivity contribution in [2.75, 3.05) is 25.0 Å². The molecule has 0 aromatic rings. The van der Waals surface area contributed by atoms with Gasteiger partial charge in [0.05, 0.1) is 25.0 Å². The third kappa shape index (κ3) is 8.13. The molecule has 2 N–H and O–H groups in total. The van der Waals surface area contributed by atoms with Crippen molar-refractivity contribution >= 4 is 40.5 Å². The normalized spacial score (nSPS) is 32.9. The molecule has 1 fully saturated rings. The summed E-state index contributed by atoms with van der Waals surface area (Å²) in [6, 6.07) is 0. The molecule has 1 aliphatic carbocycles. The zero-order valence-electron chi connectivity index (χ0n) is 14.9. The van der Waals surface area contributed by atoms with Crippen LogP contribution in [0.5, 0.6) is 0 Å². The van der Waals surface area contributed by atoms with Gasteiger partial charge in [-0.25, -0.2) is 0 Å². The molecule has 1 saturated carbocycles. The minimum atomic E-state index is -4.46. The molecule has 0 aromatic heterocycles. The second kappa shape index (κ2) is 8.36. The van der Waals surface area contributed by atoms with E-state index >= 15 is 0 Å². The van der Waals surface area contributed by atoms with E-state index in [-0.39, 0.29) is 0 Å². The Kier molecular flexibility index (Phi) is 7.64. The van der Waals surface area contributed by atoms with Crippen molar-refractivity contribution in [3.63, 3.8) is 0 Å². The second-order valence-electron chi connectivity index (χ2n) is 6.04. The monoisotopic (exact) mass is 492 g/mol. The fraction of sp³-hybridized carbons (Fsp3) is 1.00. The lowest BCUT2D eigenvalue weighted by molar-refractivity contribution is -0.193. The fourth-order valence-corrected chi connectivity index (χ4v) is 4.90. The lowest BCUT2D eigenvalue weighted by atomic mass is 9.85. The molecule has 0 radical (unpaired) electrons. The Morgan fingerprint density at radius 3 is 0.821 bits per heavy atom. The zero-order valence-corrected chi connectivity index (χ0v) is 18.2. The average Bonchev–Trinajstić information content (AvgIpc) is 2.39. The van der Waals surface area contributed by atoms with Gasteiger partial charge in [0.15, 0.2) is 0 Å². The van der Waals surface area contributed by atoms with E-state index in [1.165, 1.54) is 0 Å². The molecular weight excluding hydrogens is 472 g/mol. The summed E-state index contributed by atoms with van der Waals surface area (Å²) in [4.78, 5) is 0. The number of rotatable bonds is 8. The fourth-order valence-electron chi connectivity index (χ4n) is 2.40. The lowest BCUT2D eigenvalue weighted by Crippen LogP contribution is -2.67. The van der Waals surface area contributed by atoms with Crippen LogP contribution < -0.4 is 0 Å². The van der Waals surface area contributed by atoms with Crippen molar-refractivity contribution in [3.8, 4) is 0 Å². The van der Waals surface area contributed by atoms with E-state index in [1.54, 1.807) is 0 Å². The predicted octanol–water partition coefficient (Wildman–Crippen LogP) is -3.90. The van der Waals surface area contributed by atoms with Gasteiger partial charge in [-0.2, -0.15) is 33.7 Å². The first-order valence-corrected chi connectivity index (χ1v) is 14.4. The van der Waals surface area contributed by atoms with Crippen LogP contribution in [0.15, 0.2) is 0 Å². The van der Waals surface area contributed by atoms with Crippen LogP contribution >= 0.6 is 0 Å². The molecule has 1 aliphatic rings. The van der Waals surface area contributed by atoms with E-state index in [1.807, 2.05) is 0 Å². The van der Waals surface area contributed by atoms with E-state index < -0.39 is 77.1 Å². The average molecular weight is 493 g/mol. The van der Waals surface area contributed by atoms with Crippen LogP contribution in [0.4, 0.5) is 0 Å². The summed E-state index contributed by atoms with van der Waals surface area (Å²) in [6.45, 7) is 0. The number of hydrogen-bond acceptors (Lipinski definition) is 14. The molecule has 0 heterocycles. The second-order valence-corrected chi connectivity index (χ2v) is 12.4. The van der Waals surface area contributed by atoms with Gasteiger partial charge >= 0.3 is 0 Å². The molecule has 0 saturated heterocycles. The Morgan fingerprint density at radius 2 is 0.643 bits per heavy atom. The summed E-state index contributed by atoms with van der Waals surface area (Å²) >= 11 is 0. The van der Waals surface area contributed by atoms with Gasteiger partial charge in [-0.05, 0) is 0 Å². The molecule has 0 spiro atoms. The van der Waals surface area contributed by atoms with Crippen molar-refractivity contribution in [3.05, 3.63) is 0 Å². The SMILES string of the molecule is CS(=O)(=O)O[C@@H]1[C@H](OS(C)(=O)=O)[C@H](OS(C)(=O)=O)[C@@H](O)[C@H](O)[C@@H]1OS(C)(=O)=O. The Morgan fingerprint density at radius 1 is 0.464 bits per heavy atom. The highest BCUT2D eigenvalue weighted by molar-refractivity contribution is 7.86. The Balaban J connectivity index is 3.62. The lowest BCUT2D eigenvalue weighted by Gasteiger charge is -2.44. The topological polar surface area (TPSA) is 214 Å². The summed E-state index contributed by atoms with van der Waals surface area (Å²) < 4.78 is 110. The molecule has 0 unspecified atom stereocenters. The van der Waals surface area contributed by atoms with Gasteiger partial charge in [-0.1, -0.05) is 0 Å². The highest BCUT2D eigenvalue weighted by Gasteiger charge is 2.57. The molecule has 0 aromatic carbocycles. The molecule has 18 heteroatoms. The van der Waals surface area contributed by atoms with E-state index in [9.17, 15) is 43.9 Å². The Labute approximate surface area is 162 Å². The molecule has 1 rings (SSSR count). The van der Waals surface area contributed by atoms with Crippen molar-refractivity contribution < 1.29 is 60.6 Å². The maximum Gasteiger partial charge on any atom is 0.264 e. The van der Waals surface area contributed by atoms with Crippen molar-refractivity contribution in [1.82, 2.24) is 0 Å². The van der Waals surface area contributed by atoms with Crippen LogP contribution in [-0.4, -0.2) is 106 Å². The van der Waals surface area contributed by atoms with Gasteiger partial charge in [0.2, 0.25) is 0 Å². The molecule has 14 nitrogen and oxygen atoms in total. The highest BCUT2D eigenvalue weighted by Crippen LogP contribution is 2.33. The van der Waals surface area contributed by atoms with E-state index in [0.29, 0.717) is 25.0 Å². The Hall–Kier alpha value is -0.440. The predicted molar refractivity (Wildman–Crippen MR) is 90.9 cm³/mol. The smallest absolute Gasteiger partial charge is 0.264 e. The maximum atomic E-state index is 11.6. The molecule has 6 atom stereocenters. The summed E-state index contributed by atoms with van der Waals surface area (Å²) in [5, 5.41) is 20.3. The van der Waals surface area contributed by atoms with Crippen LogP contribution in [0.25, 0.3) is 0 Å². The molecule has 168 valence electrons. The molecule has 0 bridgehead atoms. The van der Waals surface area contributed by atoms with Gasteiger partial charge in [0.1, 0.15) is 36.6 Å². The third-order valence-corrected chi connectivity index (χ3v) is 5.43. The molecule has 0 aliphatic heterocycles. The maximum absolute atomic E-state index is 11.6. The first-order chi connectivity index (χ1) is 12.2. The van der Waals surface area contributed by atoms with Crippen molar-refractivity contribution in [2.24, 2.45) is 0 Å². The summed E-state index contributed by atoms with van der Waals surface area (Å²) in [5.74, 6) is 0. The quantitative estimate of drug-likeness (QED) is 0.310. The van der Waals surface area contributed by atoms with E-state index in [0.717, 1.165) is 0 Å². The van der Waals surface area contributed by atoms with Crippen LogP contribution in [0.1, 0.15) is 0 Å². The number of hydrogen-bond donors (Lipinski definition) is 2. The van der Waals surface area contributed by atoms with Crippen LogP contribution in [0.3, 0.4) is 0 Å². The van der Waals surface area contributed by atoms with Gasteiger partial charge in [-0.3, -0.25) is 16.7 Å². The molecule has 0 amide bonds. The van der Waals surface area contributed by atoms with Gasteiger partial charge in [-0.15, -0.1) is 0 Å². The van der Waals surface area contributed by atoms with E-state index in [2.05, 4.69) is 16.7 Å². The third-order valence-electron chi connectivity index (χ3n) is 3.14. The number of aliphatic hydroxyl groups excluding tert-OH is 2. The van der Waals surface area contributed by atoms with Crippen LogP contribution in [0, 0.1) is 0 Å². The van der Waals surface area contributed by atoms with Crippen LogP contribution in [-0.2, 0) is 57.2 Å². The Bertz CT molecular complexity index is 897. The first-order valence-electron chi connectivity index (χ1n) is 7.09. The van der Waals surface area contributed by atoms with Crippen molar-refractivity contribution in [1.29, 1.82) is 0 Å². The minimum Gasteiger partial charge on any atom is -0.387 e. The molecular formula is C10H20O14S4. The van der Waals surface area contributed by atoms with Gasteiger partial charge < -0.3 is 10.2 Å². The minimum absolute atomic E-state index is 0.506. The standard InChI is InChI=1S/C10H20O14S4/c1-25(13,14)21-7-5(11)6(12)8(22-26(2,15)16)10(24-28(4,19)20)9(7)23-27(3,17)18/h5-12H,1-4H3/t5-,6-,7-,8+,9-,10+/m0/s1. The van der Waals surface area contributed by atoms with Gasteiger partial charge in [0.25, 0.3) is 40.5 Å². The van der Waals surface area contributed by atoms with E-state index in [4.69, 9.17) is 0 Å². The largest absolute Gasteiger partial charge is 0.387 e. The summed E-state index contributed by atoms with van der Waals surface area (Å²) in [7, 11) is -17.7. The summed E-state index contributed by atoms with van der Waals surface area (Å²) in [5.41, 5.74) is 0. The van der Waals surface area contributed by atoms with Crippen LogP contribution in [0.2, 0.25) is 0 Å². The highest BCUT2D eigenvalue weighted by atomic mass is 32.2. The zero-order chi connectivity index (χ0) is 22.3. The summed E-state index contributed by atoms with van der Waals surface area (Å²) in [6.07, 6.45) is -11.3.